The van der Waals surface area contributed by atoms with E-state index in [1.54, 1.807) is 6.07 Å². The summed E-state index contributed by atoms with van der Waals surface area (Å²) in [6.07, 6.45) is -0.979. The number of piperidine rings is 1. The van der Waals surface area contributed by atoms with Gasteiger partial charge in [0.25, 0.3) is 0 Å². The van der Waals surface area contributed by atoms with Crippen LogP contribution in [-0.2, 0) is 6.18 Å². The van der Waals surface area contributed by atoms with Crippen molar-refractivity contribution in [3.8, 4) is 0 Å². The van der Waals surface area contributed by atoms with E-state index in [4.69, 9.17) is 0 Å². The highest BCUT2D eigenvalue weighted by Gasteiger charge is 2.32. The lowest BCUT2D eigenvalue weighted by atomic mass is 10.0. The second-order valence-corrected chi connectivity index (χ2v) is 6.17. The number of halogens is 4. The second kappa shape index (κ2) is 7.01. The van der Waals surface area contributed by atoms with E-state index < -0.39 is 11.7 Å². The fourth-order valence-electron chi connectivity index (χ4n) is 2.76. The second-order valence-electron chi connectivity index (χ2n) is 5.31. The number of alkyl halides is 3. The lowest BCUT2D eigenvalue weighted by Crippen LogP contribution is -2.45. The minimum absolute atomic E-state index is 0.340. The van der Waals surface area contributed by atoms with Crippen molar-refractivity contribution in [2.45, 2.75) is 38.4 Å². The third-order valence-electron chi connectivity index (χ3n) is 3.84. The molecule has 2 nitrogen and oxygen atoms in total. The highest BCUT2D eigenvalue weighted by molar-refractivity contribution is 9.10. The summed E-state index contributed by atoms with van der Waals surface area (Å²) < 4.78 is 38.7. The van der Waals surface area contributed by atoms with Crippen LogP contribution in [0.5, 0.6) is 0 Å². The molecule has 1 saturated heterocycles. The maximum atomic E-state index is 12.7. The van der Waals surface area contributed by atoms with Crippen molar-refractivity contribution in [3.05, 3.63) is 28.2 Å². The fraction of sp³-hybridized carbons (Fsp3) is 0.600. The molecule has 0 aliphatic carbocycles. The van der Waals surface area contributed by atoms with Crippen molar-refractivity contribution in [1.82, 2.24) is 5.32 Å². The molecule has 2 rings (SSSR count). The Morgan fingerprint density at radius 2 is 2.10 bits per heavy atom. The number of rotatable bonds is 4. The van der Waals surface area contributed by atoms with Crippen LogP contribution in [0.2, 0.25) is 0 Å². The van der Waals surface area contributed by atoms with Crippen LogP contribution in [0.15, 0.2) is 22.7 Å². The smallest absolute Gasteiger partial charge is 0.366 e. The molecular weight excluding hydrogens is 345 g/mol. The zero-order chi connectivity index (χ0) is 15.5. The molecule has 21 heavy (non-hydrogen) atoms. The quantitative estimate of drug-likeness (QED) is 0.849. The van der Waals surface area contributed by atoms with Gasteiger partial charge in [-0.2, -0.15) is 13.2 Å². The molecule has 1 aromatic rings. The SMILES string of the molecule is CCNCC1CCCCN1c1ccc(C(F)(F)F)cc1Br. The Bertz CT molecular complexity index is 476. The van der Waals surface area contributed by atoms with Crippen molar-refractivity contribution < 1.29 is 13.2 Å². The van der Waals surface area contributed by atoms with Gasteiger partial charge in [-0.25, -0.2) is 0 Å². The first-order valence-electron chi connectivity index (χ1n) is 7.27. The summed E-state index contributed by atoms with van der Waals surface area (Å²) in [6, 6.07) is 4.26. The Labute approximate surface area is 131 Å². The highest BCUT2D eigenvalue weighted by atomic mass is 79.9. The summed E-state index contributed by atoms with van der Waals surface area (Å²) in [7, 11) is 0. The van der Waals surface area contributed by atoms with E-state index in [-0.39, 0.29) is 0 Å². The van der Waals surface area contributed by atoms with E-state index in [1.807, 2.05) is 0 Å². The molecule has 1 unspecified atom stereocenters. The van der Waals surface area contributed by atoms with Crippen LogP contribution in [0.1, 0.15) is 31.7 Å². The molecule has 0 bridgehead atoms. The summed E-state index contributed by atoms with van der Waals surface area (Å²) in [5.41, 5.74) is 0.240. The number of hydrogen-bond acceptors (Lipinski definition) is 2. The van der Waals surface area contributed by atoms with Crippen LogP contribution in [-0.4, -0.2) is 25.7 Å². The largest absolute Gasteiger partial charge is 0.416 e. The van der Waals surface area contributed by atoms with Gasteiger partial charge in [-0.05, 0) is 59.9 Å². The predicted octanol–water partition coefficient (Wildman–Crippen LogP) is 4.44. The number of nitrogens with zero attached hydrogens (tertiary/aromatic N) is 1. The molecule has 1 heterocycles. The van der Waals surface area contributed by atoms with Gasteiger partial charge in [0, 0.05) is 23.6 Å². The third kappa shape index (κ3) is 4.13. The number of hydrogen-bond donors (Lipinski definition) is 1. The Morgan fingerprint density at radius 3 is 2.71 bits per heavy atom. The third-order valence-corrected chi connectivity index (χ3v) is 4.48. The van der Waals surface area contributed by atoms with E-state index in [0.29, 0.717) is 10.5 Å². The van der Waals surface area contributed by atoms with Crippen LogP contribution in [0, 0.1) is 0 Å². The molecule has 0 aromatic heterocycles. The summed E-state index contributed by atoms with van der Waals surface area (Å²) in [5, 5.41) is 3.34. The topological polar surface area (TPSA) is 15.3 Å². The van der Waals surface area contributed by atoms with E-state index in [9.17, 15) is 13.2 Å². The zero-order valence-electron chi connectivity index (χ0n) is 12.0. The lowest BCUT2D eigenvalue weighted by Gasteiger charge is -2.38. The molecule has 1 aliphatic rings. The van der Waals surface area contributed by atoms with Gasteiger partial charge in [0.05, 0.1) is 11.3 Å². The van der Waals surface area contributed by atoms with Crippen molar-refractivity contribution in [1.29, 1.82) is 0 Å². The van der Waals surface area contributed by atoms with Gasteiger partial charge in [-0.3, -0.25) is 0 Å². The summed E-state index contributed by atoms with van der Waals surface area (Å²) >= 11 is 3.31. The minimum Gasteiger partial charge on any atom is -0.366 e. The van der Waals surface area contributed by atoms with Crippen molar-refractivity contribution in [2.24, 2.45) is 0 Å². The molecule has 1 fully saturated rings. The number of likely N-dealkylation sites (N-methyl/N-ethyl adjacent to an activating group) is 1. The molecule has 1 N–H and O–H groups in total. The van der Waals surface area contributed by atoms with Crippen molar-refractivity contribution in [2.75, 3.05) is 24.5 Å². The number of benzene rings is 1. The molecular formula is C15H20BrF3N2. The zero-order valence-corrected chi connectivity index (χ0v) is 13.6. The van der Waals surface area contributed by atoms with Crippen LogP contribution >= 0.6 is 15.9 Å². The van der Waals surface area contributed by atoms with E-state index >= 15 is 0 Å². The van der Waals surface area contributed by atoms with Gasteiger partial charge in [0.2, 0.25) is 0 Å². The average Bonchev–Trinajstić information content (AvgIpc) is 2.44. The molecule has 0 radical (unpaired) electrons. The Morgan fingerprint density at radius 1 is 1.33 bits per heavy atom. The maximum Gasteiger partial charge on any atom is 0.416 e. The average molecular weight is 365 g/mol. The Balaban J connectivity index is 2.22. The van der Waals surface area contributed by atoms with Crippen LogP contribution in [0.25, 0.3) is 0 Å². The summed E-state index contributed by atoms with van der Waals surface area (Å²) in [6.45, 7) is 4.71. The minimum atomic E-state index is -4.30. The van der Waals surface area contributed by atoms with Gasteiger partial charge < -0.3 is 10.2 Å². The maximum absolute atomic E-state index is 12.7. The number of anilines is 1. The van der Waals surface area contributed by atoms with Crippen molar-refractivity contribution >= 4 is 21.6 Å². The van der Waals surface area contributed by atoms with Crippen LogP contribution < -0.4 is 10.2 Å². The first kappa shape index (κ1) is 16.6. The molecule has 0 saturated carbocycles. The van der Waals surface area contributed by atoms with E-state index in [1.165, 1.54) is 18.6 Å². The van der Waals surface area contributed by atoms with Gasteiger partial charge in [-0.1, -0.05) is 6.92 Å². The summed E-state index contributed by atoms with van der Waals surface area (Å²) in [4.78, 5) is 2.22. The first-order chi connectivity index (χ1) is 9.93. The molecule has 0 amide bonds. The van der Waals surface area contributed by atoms with E-state index in [2.05, 4.69) is 33.1 Å². The standard InChI is InChI=1S/C15H20BrF3N2/c1-2-20-10-12-5-3-4-8-21(12)14-7-6-11(9-13(14)16)15(17,18)19/h6-7,9,12,20H,2-5,8,10H2,1H3. The first-order valence-corrected chi connectivity index (χ1v) is 8.07. The monoisotopic (exact) mass is 364 g/mol. The predicted molar refractivity (Wildman–Crippen MR) is 82.7 cm³/mol. The molecule has 1 aliphatic heterocycles. The van der Waals surface area contributed by atoms with Crippen molar-refractivity contribution in [3.63, 3.8) is 0 Å². The lowest BCUT2D eigenvalue weighted by molar-refractivity contribution is -0.137. The number of nitrogens with one attached hydrogen (secondary N) is 1. The fourth-order valence-corrected chi connectivity index (χ4v) is 3.36. The Kier molecular flexibility index (Phi) is 5.54. The normalized spacial score (nSPS) is 19.9. The molecule has 0 spiro atoms. The summed E-state index contributed by atoms with van der Waals surface area (Å²) in [5.74, 6) is 0. The van der Waals surface area contributed by atoms with Gasteiger partial charge in [-0.15, -0.1) is 0 Å². The molecule has 118 valence electrons. The molecule has 6 heteroatoms. The van der Waals surface area contributed by atoms with Crippen LogP contribution in [0.4, 0.5) is 18.9 Å². The van der Waals surface area contributed by atoms with Gasteiger partial charge in [0.15, 0.2) is 0 Å². The van der Waals surface area contributed by atoms with Gasteiger partial charge >= 0.3 is 6.18 Å². The molecule has 1 aromatic carbocycles. The molecule has 1 atom stereocenters. The van der Waals surface area contributed by atoms with Gasteiger partial charge in [0.1, 0.15) is 0 Å². The Hall–Kier alpha value is -0.750. The van der Waals surface area contributed by atoms with Crippen LogP contribution in [0.3, 0.4) is 0 Å². The van der Waals surface area contributed by atoms with E-state index in [0.717, 1.165) is 38.2 Å². The highest BCUT2D eigenvalue weighted by Crippen LogP contribution is 2.37.